The Morgan fingerprint density at radius 1 is 1.20 bits per heavy atom. The van der Waals surface area contributed by atoms with E-state index in [1.54, 1.807) is 12.1 Å². The first kappa shape index (κ1) is 16.8. The lowest BCUT2D eigenvalue weighted by molar-refractivity contribution is 0.0951. The van der Waals surface area contributed by atoms with Gasteiger partial charge in [-0.05, 0) is 37.5 Å². The fraction of sp³-hybridized carbons (Fsp3) is 0.200. The zero-order chi connectivity index (χ0) is 17.8. The Morgan fingerprint density at radius 3 is 2.60 bits per heavy atom. The van der Waals surface area contributed by atoms with Crippen LogP contribution in [0.15, 0.2) is 60.1 Å². The second kappa shape index (κ2) is 7.21. The molecule has 1 fully saturated rings. The minimum absolute atomic E-state index is 0.0169. The van der Waals surface area contributed by atoms with Crippen molar-refractivity contribution in [3.05, 3.63) is 71.8 Å². The van der Waals surface area contributed by atoms with Gasteiger partial charge in [-0.2, -0.15) is 4.99 Å². The molecule has 0 heterocycles. The average molecular weight is 335 g/mol. The normalized spacial score (nSPS) is 14.0. The van der Waals surface area contributed by atoms with E-state index in [9.17, 15) is 4.79 Å². The third-order valence-corrected chi connectivity index (χ3v) is 3.94. The summed E-state index contributed by atoms with van der Waals surface area (Å²) in [5.74, 6) is 0.328. The molecule has 3 N–H and O–H groups in total. The van der Waals surface area contributed by atoms with E-state index in [2.05, 4.69) is 16.9 Å². The van der Waals surface area contributed by atoms with Crippen LogP contribution in [0.1, 0.15) is 34.3 Å². The summed E-state index contributed by atoms with van der Waals surface area (Å²) in [7, 11) is 0. The van der Waals surface area contributed by atoms with Gasteiger partial charge in [0.15, 0.2) is 0 Å². The number of nitrogens with two attached hydrogens (primary N) is 1. The van der Waals surface area contributed by atoms with E-state index in [1.165, 1.54) is 0 Å². The topological polar surface area (TPSA) is 76.7 Å². The molecule has 1 aliphatic rings. The standard InChI is InChI=1S/C20H21N3O2/c1-13-8-9-16(19(24)22-17-10-11-17)12-18(13)23-20(21)25-14(2)15-6-4-3-5-7-15/h3-9,12,17H,2,10-11H2,1H3,(H2,21,23)(H,22,24). The summed E-state index contributed by atoms with van der Waals surface area (Å²) in [6.07, 6.45) is 2.09. The van der Waals surface area contributed by atoms with Crippen LogP contribution in [0, 0.1) is 6.92 Å². The molecule has 5 nitrogen and oxygen atoms in total. The van der Waals surface area contributed by atoms with E-state index in [0.29, 0.717) is 23.1 Å². The minimum Gasteiger partial charge on any atom is -0.426 e. The van der Waals surface area contributed by atoms with Gasteiger partial charge in [0.05, 0.1) is 5.69 Å². The van der Waals surface area contributed by atoms with Gasteiger partial charge in [0.25, 0.3) is 11.9 Å². The van der Waals surface area contributed by atoms with Crippen molar-refractivity contribution in [1.29, 1.82) is 0 Å². The van der Waals surface area contributed by atoms with Crippen molar-refractivity contribution in [3.8, 4) is 0 Å². The highest BCUT2D eigenvalue weighted by molar-refractivity contribution is 5.96. The van der Waals surface area contributed by atoms with E-state index < -0.39 is 0 Å². The average Bonchev–Trinajstić information content (AvgIpc) is 3.41. The molecule has 0 unspecified atom stereocenters. The highest BCUT2D eigenvalue weighted by atomic mass is 16.5. The van der Waals surface area contributed by atoms with E-state index in [4.69, 9.17) is 10.5 Å². The predicted molar refractivity (Wildman–Crippen MR) is 99.5 cm³/mol. The Balaban J connectivity index is 1.74. The number of aliphatic imine (C=N–C) groups is 1. The number of aryl methyl sites for hydroxylation is 1. The van der Waals surface area contributed by atoms with Gasteiger partial charge in [0, 0.05) is 17.2 Å². The van der Waals surface area contributed by atoms with E-state index >= 15 is 0 Å². The molecule has 2 aromatic rings. The summed E-state index contributed by atoms with van der Waals surface area (Å²) < 4.78 is 5.50. The molecule has 0 saturated heterocycles. The maximum Gasteiger partial charge on any atom is 0.292 e. The number of carbonyl (C=O) groups is 1. The first-order chi connectivity index (χ1) is 12.0. The first-order valence-electron chi connectivity index (χ1n) is 8.21. The highest BCUT2D eigenvalue weighted by Crippen LogP contribution is 2.23. The number of hydrogen-bond donors (Lipinski definition) is 2. The van der Waals surface area contributed by atoms with Crippen molar-refractivity contribution < 1.29 is 9.53 Å². The molecule has 128 valence electrons. The zero-order valence-corrected chi connectivity index (χ0v) is 14.2. The van der Waals surface area contributed by atoms with E-state index in [0.717, 1.165) is 24.0 Å². The third-order valence-electron chi connectivity index (χ3n) is 3.94. The molecule has 1 saturated carbocycles. The Bertz CT molecular complexity index is 824. The van der Waals surface area contributed by atoms with Gasteiger partial charge < -0.3 is 15.8 Å². The maximum absolute atomic E-state index is 12.2. The van der Waals surface area contributed by atoms with Gasteiger partial charge in [-0.1, -0.05) is 43.0 Å². The number of ether oxygens (including phenoxy) is 1. The zero-order valence-electron chi connectivity index (χ0n) is 14.2. The lowest BCUT2D eigenvalue weighted by Gasteiger charge is -2.09. The Hall–Kier alpha value is -3.08. The number of amides is 1. The van der Waals surface area contributed by atoms with Crippen molar-refractivity contribution in [2.24, 2.45) is 10.7 Å². The van der Waals surface area contributed by atoms with Crippen LogP contribution in [-0.2, 0) is 4.74 Å². The van der Waals surface area contributed by atoms with Crippen LogP contribution in [0.3, 0.4) is 0 Å². The summed E-state index contributed by atoms with van der Waals surface area (Å²) in [5.41, 5.74) is 8.79. The second-order valence-corrected chi connectivity index (χ2v) is 6.09. The van der Waals surface area contributed by atoms with Crippen molar-refractivity contribution in [3.63, 3.8) is 0 Å². The summed E-state index contributed by atoms with van der Waals surface area (Å²) in [6.45, 7) is 5.77. The van der Waals surface area contributed by atoms with Gasteiger partial charge in [0.1, 0.15) is 5.76 Å². The van der Waals surface area contributed by atoms with Crippen LogP contribution in [0.25, 0.3) is 5.76 Å². The largest absolute Gasteiger partial charge is 0.426 e. The van der Waals surface area contributed by atoms with Crippen molar-refractivity contribution in [2.45, 2.75) is 25.8 Å². The van der Waals surface area contributed by atoms with Crippen molar-refractivity contribution >= 4 is 23.4 Å². The van der Waals surface area contributed by atoms with Crippen LogP contribution in [0.2, 0.25) is 0 Å². The number of carbonyl (C=O) groups excluding carboxylic acids is 1. The fourth-order valence-corrected chi connectivity index (χ4v) is 2.32. The minimum atomic E-state index is -0.0906. The van der Waals surface area contributed by atoms with Crippen LogP contribution in [-0.4, -0.2) is 18.0 Å². The molecule has 0 atom stereocenters. The molecule has 2 aromatic carbocycles. The molecule has 3 rings (SSSR count). The molecule has 0 radical (unpaired) electrons. The lowest BCUT2D eigenvalue weighted by Crippen LogP contribution is -2.25. The Kier molecular flexibility index (Phi) is 4.84. The second-order valence-electron chi connectivity index (χ2n) is 6.09. The first-order valence-corrected chi connectivity index (χ1v) is 8.21. The smallest absolute Gasteiger partial charge is 0.292 e. The van der Waals surface area contributed by atoms with Gasteiger partial charge in [-0.25, -0.2) is 0 Å². The summed E-state index contributed by atoms with van der Waals surface area (Å²) in [4.78, 5) is 16.5. The number of benzene rings is 2. The molecule has 25 heavy (non-hydrogen) atoms. The van der Waals surface area contributed by atoms with Crippen molar-refractivity contribution in [1.82, 2.24) is 5.32 Å². The third kappa shape index (κ3) is 4.47. The summed E-state index contributed by atoms with van der Waals surface area (Å²) in [6, 6.07) is 15.1. The molecule has 5 heteroatoms. The molecule has 1 aliphatic carbocycles. The van der Waals surface area contributed by atoms with Gasteiger partial charge in [0.2, 0.25) is 0 Å². The van der Waals surface area contributed by atoms with Gasteiger partial charge in [-0.3, -0.25) is 4.79 Å². The molecular weight excluding hydrogens is 314 g/mol. The van der Waals surface area contributed by atoms with Crippen LogP contribution in [0.5, 0.6) is 0 Å². The molecular formula is C20H21N3O2. The van der Waals surface area contributed by atoms with E-state index in [-0.39, 0.29) is 11.9 Å². The quantitative estimate of drug-likeness (QED) is 0.498. The molecule has 0 bridgehead atoms. The van der Waals surface area contributed by atoms with Gasteiger partial charge >= 0.3 is 0 Å². The van der Waals surface area contributed by atoms with Crippen LogP contribution >= 0.6 is 0 Å². The number of nitrogens with one attached hydrogen (secondary N) is 1. The number of amidine groups is 1. The van der Waals surface area contributed by atoms with Crippen LogP contribution in [0.4, 0.5) is 5.69 Å². The highest BCUT2D eigenvalue weighted by Gasteiger charge is 2.23. The summed E-state index contributed by atoms with van der Waals surface area (Å²) >= 11 is 0. The molecule has 0 aliphatic heterocycles. The number of nitrogens with zero attached hydrogens (tertiary/aromatic N) is 1. The SMILES string of the molecule is C=C(OC(N)=Nc1cc(C(=O)NC2CC2)ccc1C)c1ccccc1. The summed E-state index contributed by atoms with van der Waals surface area (Å²) in [5, 5.41) is 2.96. The molecule has 0 spiro atoms. The van der Waals surface area contributed by atoms with Gasteiger partial charge in [-0.15, -0.1) is 0 Å². The van der Waals surface area contributed by atoms with E-state index in [1.807, 2.05) is 43.3 Å². The number of rotatable bonds is 5. The lowest BCUT2D eigenvalue weighted by atomic mass is 10.1. The Labute approximate surface area is 147 Å². The molecule has 0 aromatic heterocycles. The fourth-order valence-electron chi connectivity index (χ4n) is 2.32. The monoisotopic (exact) mass is 335 g/mol. The Morgan fingerprint density at radius 2 is 1.92 bits per heavy atom. The number of hydrogen-bond acceptors (Lipinski definition) is 3. The van der Waals surface area contributed by atoms with Crippen LogP contribution < -0.4 is 11.1 Å². The predicted octanol–water partition coefficient (Wildman–Crippen LogP) is 3.52. The maximum atomic E-state index is 12.2. The molecule has 1 amide bonds. The van der Waals surface area contributed by atoms with Crippen molar-refractivity contribution in [2.75, 3.05) is 0 Å².